The zero-order valence-corrected chi connectivity index (χ0v) is 10.8. The van der Waals surface area contributed by atoms with E-state index in [1.54, 1.807) is 18.3 Å². The molecule has 1 aromatic carbocycles. The smallest absolute Gasteiger partial charge is 0.342 e. The van der Waals surface area contributed by atoms with Crippen LogP contribution in [-0.4, -0.2) is 21.7 Å². The number of esters is 1. The van der Waals surface area contributed by atoms with Crippen LogP contribution < -0.4 is 4.74 Å². The maximum Gasteiger partial charge on any atom is 0.342 e. The molecular weight excluding hydrogens is 242 g/mol. The molecule has 0 aliphatic rings. The van der Waals surface area contributed by atoms with Gasteiger partial charge in [-0.3, -0.25) is 4.98 Å². The van der Waals surface area contributed by atoms with Crippen LogP contribution in [0, 0.1) is 0 Å². The summed E-state index contributed by atoms with van der Waals surface area (Å²) in [5, 5.41) is 9.50. The van der Waals surface area contributed by atoms with Crippen molar-refractivity contribution in [3.63, 3.8) is 0 Å². The number of hydrogen-bond donors (Lipinski definition) is 1. The van der Waals surface area contributed by atoms with Gasteiger partial charge >= 0.3 is 5.97 Å². The number of ether oxygens (including phenoxy) is 1. The van der Waals surface area contributed by atoms with E-state index >= 15 is 0 Å². The molecule has 4 heteroatoms. The van der Waals surface area contributed by atoms with Crippen LogP contribution >= 0.6 is 0 Å². The van der Waals surface area contributed by atoms with Crippen LogP contribution in [0.2, 0.25) is 0 Å². The molecule has 19 heavy (non-hydrogen) atoms. The first-order valence-corrected chi connectivity index (χ1v) is 5.93. The molecule has 0 amide bonds. The second kappa shape index (κ2) is 5.20. The zero-order valence-electron chi connectivity index (χ0n) is 10.8. The van der Waals surface area contributed by atoms with Crippen molar-refractivity contribution in [2.75, 3.05) is 0 Å². The number of pyridine rings is 1. The predicted molar refractivity (Wildman–Crippen MR) is 71.6 cm³/mol. The van der Waals surface area contributed by atoms with Gasteiger partial charge < -0.3 is 9.84 Å². The fourth-order valence-corrected chi connectivity index (χ4v) is 1.46. The molecule has 0 atom stereocenters. The van der Waals surface area contributed by atoms with E-state index in [1.807, 2.05) is 30.3 Å². The Balaban J connectivity index is 2.14. The average molecular weight is 257 g/mol. The summed E-state index contributed by atoms with van der Waals surface area (Å²) in [5.74, 6) is -0.287. The van der Waals surface area contributed by atoms with Crippen molar-refractivity contribution in [3.8, 4) is 17.0 Å². The second-order valence-corrected chi connectivity index (χ2v) is 4.69. The molecule has 2 rings (SSSR count). The molecule has 4 nitrogen and oxygen atoms in total. The molecule has 0 radical (unpaired) electrons. The molecule has 0 bridgehead atoms. The molecule has 1 aromatic heterocycles. The Morgan fingerprint density at radius 3 is 2.37 bits per heavy atom. The molecule has 2 aromatic rings. The lowest BCUT2D eigenvalue weighted by molar-refractivity contribution is -0.151. The van der Waals surface area contributed by atoms with Crippen LogP contribution in [0.5, 0.6) is 5.75 Å². The van der Waals surface area contributed by atoms with Gasteiger partial charge in [-0.15, -0.1) is 0 Å². The molecule has 0 saturated carbocycles. The highest BCUT2D eigenvalue weighted by molar-refractivity contribution is 5.80. The van der Waals surface area contributed by atoms with Gasteiger partial charge in [-0.25, -0.2) is 4.79 Å². The van der Waals surface area contributed by atoms with E-state index in [4.69, 9.17) is 4.74 Å². The largest absolute Gasteiger partial charge is 0.424 e. The Morgan fingerprint density at radius 2 is 1.84 bits per heavy atom. The zero-order chi connectivity index (χ0) is 13.9. The lowest BCUT2D eigenvalue weighted by Crippen LogP contribution is -2.35. The van der Waals surface area contributed by atoms with Crippen molar-refractivity contribution in [1.29, 1.82) is 0 Å². The van der Waals surface area contributed by atoms with E-state index in [0.717, 1.165) is 11.3 Å². The van der Waals surface area contributed by atoms with Crippen molar-refractivity contribution in [3.05, 3.63) is 48.7 Å². The summed E-state index contributed by atoms with van der Waals surface area (Å²) in [6.07, 6.45) is 1.72. The summed E-state index contributed by atoms with van der Waals surface area (Å²) in [5.41, 5.74) is 0.283. The SMILES string of the molecule is CC(C)(O)C(=O)Oc1ccc(-c2ccccn2)cc1. The molecule has 0 unspecified atom stereocenters. The third-order valence-electron chi connectivity index (χ3n) is 2.53. The van der Waals surface area contributed by atoms with E-state index in [0.29, 0.717) is 5.75 Å². The molecule has 0 aliphatic carbocycles. The summed E-state index contributed by atoms with van der Waals surface area (Å²) in [7, 11) is 0. The first kappa shape index (κ1) is 13.2. The first-order chi connectivity index (χ1) is 8.97. The van der Waals surface area contributed by atoms with Crippen molar-refractivity contribution < 1.29 is 14.6 Å². The molecule has 98 valence electrons. The minimum absolute atomic E-state index is 0.395. The number of aromatic nitrogens is 1. The monoisotopic (exact) mass is 257 g/mol. The van der Waals surface area contributed by atoms with E-state index in [1.165, 1.54) is 13.8 Å². The Kier molecular flexibility index (Phi) is 3.62. The molecular formula is C15H15NO3. The summed E-state index contributed by atoms with van der Waals surface area (Å²) in [6, 6.07) is 12.6. The lowest BCUT2D eigenvalue weighted by atomic mass is 10.1. The predicted octanol–water partition coefficient (Wildman–Crippen LogP) is 2.42. The number of hydrogen-bond acceptors (Lipinski definition) is 4. The highest BCUT2D eigenvalue weighted by atomic mass is 16.6. The third kappa shape index (κ3) is 3.39. The van der Waals surface area contributed by atoms with Gasteiger partial charge in [0.15, 0.2) is 5.60 Å². The Labute approximate surface area is 111 Å². The van der Waals surface area contributed by atoms with Gasteiger partial charge in [0.2, 0.25) is 0 Å². The third-order valence-corrected chi connectivity index (χ3v) is 2.53. The number of carbonyl (C=O) groups excluding carboxylic acids is 1. The molecule has 0 spiro atoms. The van der Waals surface area contributed by atoms with Gasteiger partial charge in [0.1, 0.15) is 5.75 Å². The standard InChI is InChI=1S/C15H15NO3/c1-15(2,18)14(17)19-12-8-6-11(7-9-12)13-5-3-4-10-16-13/h3-10,18H,1-2H3. The quantitative estimate of drug-likeness (QED) is 0.677. The van der Waals surface area contributed by atoms with Gasteiger partial charge in [-0.2, -0.15) is 0 Å². The highest BCUT2D eigenvalue weighted by Crippen LogP contribution is 2.21. The molecule has 1 heterocycles. The van der Waals surface area contributed by atoms with Crippen molar-refractivity contribution in [2.45, 2.75) is 19.4 Å². The number of benzene rings is 1. The van der Waals surface area contributed by atoms with Crippen LogP contribution in [-0.2, 0) is 4.79 Å². The maximum absolute atomic E-state index is 11.5. The van der Waals surface area contributed by atoms with E-state index in [-0.39, 0.29) is 0 Å². The molecule has 0 saturated heterocycles. The number of carbonyl (C=O) groups is 1. The van der Waals surface area contributed by atoms with E-state index in [2.05, 4.69) is 4.98 Å². The molecule has 0 fully saturated rings. The van der Waals surface area contributed by atoms with Crippen molar-refractivity contribution >= 4 is 5.97 Å². The first-order valence-electron chi connectivity index (χ1n) is 5.93. The van der Waals surface area contributed by atoms with Crippen LogP contribution in [0.1, 0.15) is 13.8 Å². The molecule has 1 N–H and O–H groups in total. The maximum atomic E-state index is 11.5. The van der Waals surface area contributed by atoms with Crippen LogP contribution in [0.15, 0.2) is 48.7 Å². The fourth-order valence-electron chi connectivity index (χ4n) is 1.46. The van der Waals surface area contributed by atoms with Crippen molar-refractivity contribution in [2.24, 2.45) is 0 Å². The minimum Gasteiger partial charge on any atom is -0.424 e. The Bertz CT molecular complexity index is 556. The number of rotatable bonds is 3. The topological polar surface area (TPSA) is 59.4 Å². The van der Waals surface area contributed by atoms with E-state index in [9.17, 15) is 9.90 Å². The Hall–Kier alpha value is -2.20. The van der Waals surface area contributed by atoms with E-state index < -0.39 is 11.6 Å². The fraction of sp³-hybridized carbons (Fsp3) is 0.200. The van der Waals surface area contributed by atoms with Gasteiger partial charge in [0.05, 0.1) is 5.69 Å². The molecule has 0 aliphatic heterocycles. The van der Waals surface area contributed by atoms with Crippen LogP contribution in [0.25, 0.3) is 11.3 Å². The van der Waals surface area contributed by atoms with Gasteiger partial charge in [-0.05, 0) is 50.2 Å². The number of aliphatic hydroxyl groups is 1. The normalized spacial score (nSPS) is 11.1. The lowest BCUT2D eigenvalue weighted by Gasteiger charge is -2.15. The highest BCUT2D eigenvalue weighted by Gasteiger charge is 2.26. The summed E-state index contributed by atoms with van der Waals surface area (Å²) in [6.45, 7) is 2.77. The van der Waals surface area contributed by atoms with Gasteiger partial charge in [0, 0.05) is 11.8 Å². The van der Waals surface area contributed by atoms with Crippen LogP contribution in [0.4, 0.5) is 0 Å². The minimum atomic E-state index is -1.50. The van der Waals surface area contributed by atoms with Crippen LogP contribution in [0.3, 0.4) is 0 Å². The average Bonchev–Trinajstić information content (AvgIpc) is 2.39. The summed E-state index contributed by atoms with van der Waals surface area (Å²) in [4.78, 5) is 15.7. The number of nitrogens with zero attached hydrogens (tertiary/aromatic N) is 1. The van der Waals surface area contributed by atoms with Gasteiger partial charge in [0.25, 0.3) is 0 Å². The van der Waals surface area contributed by atoms with Crippen molar-refractivity contribution in [1.82, 2.24) is 4.98 Å². The summed E-state index contributed by atoms with van der Waals surface area (Å²) < 4.78 is 5.06. The van der Waals surface area contributed by atoms with Gasteiger partial charge in [-0.1, -0.05) is 6.07 Å². The Morgan fingerprint density at radius 1 is 1.16 bits per heavy atom. The summed E-state index contributed by atoms with van der Waals surface area (Å²) >= 11 is 0. The second-order valence-electron chi connectivity index (χ2n) is 4.69.